The molecule has 1 aromatic rings. The number of nitrogens with one attached hydrogen (secondary N) is 1. The van der Waals surface area contributed by atoms with Gasteiger partial charge >= 0.3 is 5.69 Å². The number of nitrogens with zero attached hydrogens (tertiary/aromatic N) is 2. The standard InChI is InChI=1S/C13H23N3O2/c1-4-5-6-7-8-14-10-11-9-12(17)16(3)13(18)15(11)2/h9,14H,4-8,10H2,1-3H3. The predicted octanol–water partition coefficient (Wildman–Crippen LogP) is 0.754. The second-order valence-electron chi connectivity index (χ2n) is 4.61. The van der Waals surface area contributed by atoms with Gasteiger partial charge < -0.3 is 5.32 Å². The largest absolute Gasteiger partial charge is 0.330 e. The summed E-state index contributed by atoms with van der Waals surface area (Å²) < 4.78 is 2.63. The van der Waals surface area contributed by atoms with Crippen molar-refractivity contribution in [2.75, 3.05) is 6.54 Å². The molecule has 0 fully saturated rings. The van der Waals surface area contributed by atoms with Crippen molar-refractivity contribution in [2.45, 2.75) is 39.2 Å². The normalized spacial score (nSPS) is 10.8. The highest BCUT2D eigenvalue weighted by Gasteiger charge is 2.04. The lowest BCUT2D eigenvalue weighted by Gasteiger charge is -2.10. The Bertz CT molecular complexity index is 488. The second-order valence-corrected chi connectivity index (χ2v) is 4.61. The molecular weight excluding hydrogens is 230 g/mol. The molecule has 0 aromatic carbocycles. The zero-order valence-electron chi connectivity index (χ0n) is 11.5. The van der Waals surface area contributed by atoms with Crippen molar-refractivity contribution in [2.24, 2.45) is 14.1 Å². The Hall–Kier alpha value is -1.36. The Morgan fingerprint density at radius 2 is 1.83 bits per heavy atom. The second kappa shape index (κ2) is 7.16. The first-order chi connectivity index (χ1) is 8.57. The van der Waals surface area contributed by atoms with Crippen LogP contribution in [0.5, 0.6) is 0 Å². The molecule has 18 heavy (non-hydrogen) atoms. The molecule has 0 radical (unpaired) electrons. The lowest BCUT2D eigenvalue weighted by Crippen LogP contribution is -2.39. The van der Waals surface area contributed by atoms with Gasteiger partial charge in [-0.05, 0) is 13.0 Å². The fourth-order valence-corrected chi connectivity index (χ4v) is 1.84. The summed E-state index contributed by atoms with van der Waals surface area (Å²) in [7, 11) is 3.18. The first-order valence-electron chi connectivity index (χ1n) is 6.54. The van der Waals surface area contributed by atoms with E-state index in [1.165, 1.54) is 36.9 Å². The molecule has 5 heteroatoms. The Labute approximate surface area is 107 Å². The SMILES string of the molecule is CCCCCCNCc1cc(=O)n(C)c(=O)n1C. The minimum absolute atomic E-state index is 0.249. The van der Waals surface area contributed by atoms with E-state index in [1.807, 2.05) is 0 Å². The third-order valence-electron chi connectivity index (χ3n) is 3.14. The maximum atomic E-state index is 11.7. The Morgan fingerprint density at radius 1 is 1.11 bits per heavy atom. The molecule has 5 nitrogen and oxygen atoms in total. The van der Waals surface area contributed by atoms with Crippen LogP contribution >= 0.6 is 0 Å². The van der Waals surface area contributed by atoms with Crippen LogP contribution in [0.15, 0.2) is 15.7 Å². The maximum Gasteiger partial charge on any atom is 0.330 e. The predicted molar refractivity (Wildman–Crippen MR) is 72.8 cm³/mol. The van der Waals surface area contributed by atoms with Crippen molar-refractivity contribution in [3.63, 3.8) is 0 Å². The number of hydrogen-bond acceptors (Lipinski definition) is 3. The van der Waals surface area contributed by atoms with Crippen LogP contribution in [0.3, 0.4) is 0 Å². The molecule has 0 spiro atoms. The summed E-state index contributed by atoms with van der Waals surface area (Å²) in [4.78, 5) is 23.2. The van der Waals surface area contributed by atoms with E-state index in [2.05, 4.69) is 12.2 Å². The minimum Gasteiger partial charge on any atom is -0.311 e. The molecule has 1 heterocycles. The third-order valence-corrected chi connectivity index (χ3v) is 3.14. The summed E-state index contributed by atoms with van der Waals surface area (Å²) in [6.45, 7) is 3.67. The molecule has 0 saturated carbocycles. The average Bonchev–Trinajstić information content (AvgIpc) is 2.37. The zero-order chi connectivity index (χ0) is 13.5. The molecule has 1 rings (SSSR count). The van der Waals surface area contributed by atoms with Gasteiger partial charge in [-0.2, -0.15) is 0 Å². The first kappa shape index (κ1) is 14.7. The van der Waals surface area contributed by atoms with Gasteiger partial charge in [0.15, 0.2) is 0 Å². The quantitative estimate of drug-likeness (QED) is 0.730. The van der Waals surface area contributed by atoms with Crippen LogP contribution in [0.25, 0.3) is 0 Å². The van der Waals surface area contributed by atoms with Gasteiger partial charge in [0.2, 0.25) is 0 Å². The number of rotatable bonds is 7. The lowest BCUT2D eigenvalue weighted by molar-refractivity contribution is 0.568. The average molecular weight is 253 g/mol. The van der Waals surface area contributed by atoms with E-state index >= 15 is 0 Å². The van der Waals surface area contributed by atoms with Gasteiger partial charge in [-0.1, -0.05) is 26.2 Å². The summed E-state index contributed by atoms with van der Waals surface area (Å²) in [5.41, 5.74) is 0.213. The van der Waals surface area contributed by atoms with Crippen LogP contribution in [0.2, 0.25) is 0 Å². The minimum atomic E-state index is -0.273. The molecule has 0 unspecified atom stereocenters. The molecule has 1 N–H and O–H groups in total. The summed E-state index contributed by atoms with van der Waals surface area (Å²) in [5, 5.41) is 3.27. The summed E-state index contributed by atoms with van der Waals surface area (Å²) >= 11 is 0. The molecule has 102 valence electrons. The van der Waals surface area contributed by atoms with Crippen LogP contribution in [0.4, 0.5) is 0 Å². The molecule has 0 aliphatic carbocycles. The third kappa shape index (κ3) is 3.84. The highest BCUT2D eigenvalue weighted by molar-refractivity contribution is 5.01. The smallest absolute Gasteiger partial charge is 0.311 e. The molecule has 0 atom stereocenters. The van der Waals surface area contributed by atoms with E-state index in [4.69, 9.17) is 0 Å². The van der Waals surface area contributed by atoms with Gasteiger partial charge in [0.05, 0.1) is 0 Å². The fraction of sp³-hybridized carbons (Fsp3) is 0.692. The Kier molecular flexibility index (Phi) is 5.85. The van der Waals surface area contributed by atoms with E-state index in [1.54, 1.807) is 7.05 Å². The molecule has 1 aromatic heterocycles. The summed E-state index contributed by atoms with van der Waals surface area (Å²) in [6.07, 6.45) is 4.83. The van der Waals surface area contributed by atoms with Crippen molar-refractivity contribution in [3.8, 4) is 0 Å². The van der Waals surface area contributed by atoms with E-state index in [0.717, 1.165) is 23.2 Å². The highest BCUT2D eigenvalue weighted by atomic mass is 16.2. The molecule has 0 aliphatic rings. The van der Waals surface area contributed by atoms with Crippen molar-refractivity contribution in [1.29, 1.82) is 0 Å². The van der Waals surface area contributed by atoms with Gasteiger partial charge in [-0.3, -0.25) is 13.9 Å². The van der Waals surface area contributed by atoms with Gasteiger partial charge in [0.1, 0.15) is 0 Å². The van der Waals surface area contributed by atoms with Crippen molar-refractivity contribution in [3.05, 3.63) is 32.6 Å². The van der Waals surface area contributed by atoms with Crippen LogP contribution < -0.4 is 16.6 Å². The van der Waals surface area contributed by atoms with Crippen LogP contribution in [-0.2, 0) is 20.6 Å². The maximum absolute atomic E-state index is 11.7. The topological polar surface area (TPSA) is 56.0 Å². The lowest BCUT2D eigenvalue weighted by atomic mass is 10.2. The first-order valence-corrected chi connectivity index (χ1v) is 6.54. The molecule has 0 aliphatic heterocycles. The monoisotopic (exact) mass is 253 g/mol. The molecule has 0 saturated heterocycles. The van der Waals surface area contributed by atoms with Crippen molar-refractivity contribution < 1.29 is 0 Å². The van der Waals surface area contributed by atoms with Crippen LogP contribution in [0.1, 0.15) is 38.3 Å². The summed E-state index contributed by atoms with van der Waals surface area (Å²) in [6, 6.07) is 1.51. The molecular formula is C13H23N3O2. The van der Waals surface area contributed by atoms with E-state index in [-0.39, 0.29) is 11.2 Å². The molecule has 0 amide bonds. The summed E-state index contributed by atoms with van der Waals surface area (Å²) in [5.74, 6) is 0. The van der Waals surface area contributed by atoms with Gasteiger partial charge in [0.25, 0.3) is 5.56 Å². The van der Waals surface area contributed by atoms with Gasteiger partial charge in [0, 0.05) is 32.4 Å². The Morgan fingerprint density at radius 3 is 2.50 bits per heavy atom. The van der Waals surface area contributed by atoms with Crippen LogP contribution in [-0.4, -0.2) is 15.7 Å². The Balaban J connectivity index is 2.53. The fourth-order valence-electron chi connectivity index (χ4n) is 1.84. The van der Waals surface area contributed by atoms with E-state index in [9.17, 15) is 9.59 Å². The molecule has 0 bridgehead atoms. The number of aromatic nitrogens is 2. The van der Waals surface area contributed by atoms with Crippen LogP contribution in [0, 0.1) is 0 Å². The van der Waals surface area contributed by atoms with E-state index < -0.39 is 0 Å². The van der Waals surface area contributed by atoms with Gasteiger partial charge in [-0.15, -0.1) is 0 Å². The zero-order valence-corrected chi connectivity index (χ0v) is 11.5. The van der Waals surface area contributed by atoms with Gasteiger partial charge in [-0.25, -0.2) is 4.79 Å². The van der Waals surface area contributed by atoms with Crippen molar-refractivity contribution >= 4 is 0 Å². The number of hydrogen-bond donors (Lipinski definition) is 1. The highest BCUT2D eigenvalue weighted by Crippen LogP contribution is 1.97. The van der Waals surface area contributed by atoms with E-state index in [0.29, 0.717) is 6.54 Å². The number of unbranched alkanes of at least 4 members (excludes halogenated alkanes) is 3. The van der Waals surface area contributed by atoms with Crippen molar-refractivity contribution in [1.82, 2.24) is 14.5 Å².